The molecule has 1 unspecified atom stereocenters. The minimum atomic E-state index is -4.35. The summed E-state index contributed by atoms with van der Waals surface area (Å²) < 4.78 is 41.2. The molecule has 2 N–H and O–H groups in total. The van der Waals surface area contributed by atoms with Gasteiger partial charge < -0.3 is 20.3 Å². The first kappa shape index (κ1) is 21.8. The lowest BCUT2D eigenvalue weighted by atomic mass is 10.2. The highest BCUT2D eigenvalue weighted by atomic mass is 19.4. The van der Waals surface area contributed by atoms with Crippen LogP contribution in [0.25, 0.3) is 0 Å². The SMILES string of the molecule is CCNC(=NCc1ccc(OCC(F)(F)F)cc1)NC1CCN(C(=O)CC)C1. The first-order valence-electron chi connectivity index (χ1n) is 9.41. The molecule has 1 atom stereocenters. The number of hydrogen-bond acceptors (Lipinski definition) is 3. The van der Waals surface area contributed by atoms with Crippen molar-refractivity contribution < 1.29 is 22.7 Å². The summed E-state index contributed by atoms with van der Waals surface area (Å²) >= 11 is 0. The van der Waals surface area contributed by atoms with Crippen LogP contribution in [0.1, 0.15) is 32.3 Å². The predicted molar refractivity (Wildman–Crippen MR) is 101 cm³/mol. The quantitative estimate of drug-likeness (QED) is 0.546. The molecule has 1 aliphatic heterocycles. The second kappa shape index (κ2) is 10.2. The van der Waals surface area contributed by atoms with Crippen molar-refractivity contribution in [2.45, 2.75) is 45.5 Å². The van der Waals surface area contributed by atoms with Crippen molar-refractivity contribution in [3.05, 3.63) is 29.8 Å². The summed E-state index contributed by atoms with van der Waals surface area (Å²) in [5.74, 6) is 0.969. The molecule has 0 radical (unpaired) electrons. The summed E-state index contributed by atoms with van der Waals surface area (Å²) in [4.78, 5) is 18.2. The van der Waals surface area contributed by atoms with Crippen LogP contribution in [-0.2, 0) is 11.3 Å². The molecule has 156 valence electrons. The molecular weight excluding hydrogens is 373 g/mol. The number of benzene rings is 1. The molecule has 2 rings (SSSR count). The van der Waals surface area contributed by atoms with Crippen molar-refractivity contribution in [3.63, 3.8) is 0 Å². The fourth-order valence-corrected chi connectivity index (χ4v) is 2.87. The average Bonchev–Trinajstić information content (AvgIpc) is 3.13. The number of rotatable bonds is 7. The number of alkyl halides is 3. The number of guanidine groups is 1. The molecule has 6 nitrogen and oxygen atoms in total. The number of amides is 1. The molecule has 1 heterocycles. The molecule has 0 bridgehead atoms. The summed E-state index contributed by atoms with van der Waals surface area (Å²) in [5.41, 5.74) is 0.853. The summed E-state index contributed by atoms with van der Waals surface area (Å²) in [6.45, 7) is 4.97. The van der Waals surface area contributed by atoms with Crippen LogP contribution < -0.4 is 15.4 Å². The molecule has 1 aliphatic rings. The number of ether oxygens (including phenoxy) is 1. The number of halogens is 3. The van der Waals surface area contributed by atoms with Crippen LogP contribution in [0.5, 0.6) is 5.75 Å². The summed E-state index contributed by atoms with van der Waals surface area (Å²) in [7, 11) is 0. The van der Waals surface area contributed by atoms with Gasteiger partial charge in [0.05, 0.1) is 6.54 Å². The van der Waals surface area contributed by atoms with Gasteiger partial charge in [-0.05, 0) is 31.0 Å². The summed E-state index contributed by atoms with van der Waals surface area (Å²) in [5, 5.41) is 6.51. The average molecular weight is 400 g/mol. The second-order valence-corrected chi connectivity index (χ2v) is 6.57. The van der Waals surface area contributed by atoms with E-state index in [1.54, 1.807) is 12.1 Å². The van der Waals surface area contributed by atoms with E-state index in [0.29, 0.717) is 32.0 Å². The van der Waals surface area contributed by atoms with Gasteiger partial charge in [0.1, 0.15) is 5.75 Å². The Labute approximate surface area is 163 Å². The van der Waals surface area contributed by atoms with Crippen molar-refractivity contribution in [2.75, 3.05) is 26.2 Å². The molecule has 1 aromatic carbocycles. The number of hydrogen-bond donors (Lipinski definition) is 2. The molecule has 0 aliphatic carbocycles. The van der Waals surface area contributed by atoms with Crippen LogP contribution in [0.2, 0.25) is 0 Å². The third-order valence-electron chi connectivity index (χ3n) is 4.27. The first-order chi connectivity index (χ1) is 13.3. The summed E-state index contributed by atoms with van der Waals surface area (Å²) in [6, 6.07) is 6.53. The smallest absolute Gasteiger partial charge is 0.422 e. The minimum absolute atomic E-state index is 0.145. The molecule has 1 amide bonds. The third kappa shape index (κ3) is 7.28. The van der Waals surface area contributed by atoms with Crippen LogP contribution in [0.4, 0.5) is 13.2 Å². The van der Waals surface area contributed by atoms with Gasteiger partial charge in [0.2, 0.25) is 5.91 Å². The van der Waals surface area contributed by atoms with Crippen LogP contribution in [0.15, 0.2) is 29.3 Å². The maximum atomic E-state index is 12.2. The zero-order valence-corrected chi connectivity index (χ0v) is 16.2. The summed E-state index contributed by atoms with van der Waals surface area (Å²) in [6.07, 6.45) is -2.99. The highest BCUT2D eigenvalue weighted by Crippen LogP contribution is 2.19. The van der Waals surface area contributed by atoms with E-state index < -0.39 is 12.8 Å². The van der Waals surface area contributed by atoms with Crippen LogP contribution in [0, 0.1) is 0 Å². The molecule has 1 aromatic rings. The lowest BCUT2D eigenvalue weighted by molar-refractivity contribution is -0.153. The number of nitrogens with zero attached hydrogens (tertiary/aromatic N) is 2. The molecule has 1 fully saturated rings. The van der Waals surface area contributed by atoms with E-state index >= 15 is 0 Å². The molecule has 0 spiro atoms. The Morgan fingerprint density at radius 1 is 1.29 bits per heavy atom. The van der Waals surface area contributed by atoms with Crippen molar-refractivity contribution >= 4 is 11.9 Å². The fraction of sp³-hybridized carbons (Fsp3) is 0.579. The molecule has 0 saturated carbocycles. The van der Waals surface area contributed by atoms with Gasteiger partial charge in [-0.3, -0.25) is 4.79 Å². The lowest BCUT2D eigenvalue weighted by Gasteiger charge is -2.18. The first-order valence-corrected chi connectivity index (χ1v) is 9.41. The van der Waals surface area contributed by atoms with E-state index in [9.17, 15) is 18.0 Å². The number of carbonyl (C=O) groups excluding carboxylic acids is 1. The van der Waals surface area contributed by atoms with Gasteiger partial charge in [-0.25, -0.2) is 4.99 Å². The van der Waals surface area contributed by atoms with E-state index in [1.807, 2.05) is 18.7 Å². The van der Waals surface area contributed by atoms with Crippen molar-refractivity contribution in [2.24, 2.45) is 4.99 Å². The molecular formula is C19H27F3N4O2. The van der Waals surface area contributed by atoms with Crippen LogP contribution in [0.3, 0.4) is 0 Å². The Hall–Kier alpha value is -2.45. The minimum Gasteiger partial charge on any atom is -0.484 e. The molecule has 1 saturated heterocycles. The monoisotopic (exact) mass is 400 g/mol. The Kier molecular flexibility index (Phi) is 7.95. The zero-order chi connectivity index (χ0) is 20.6. The third-order valence-corrected chi connectivity index (χ3v) is 4.27. The largest absolute Gasteiger partial charge is 0.484 e. The number of carbonyl (C=O) groups is 1. The van der Waals surface area contributed by atoms with Gasteiger partial charge in [-0.2, -0.15) is 13.2 Å². The standard InChI is InChI=1S/C19H27F3N4O2/c1-3-17(27)26-10-9-15(12-26)25-18(23-4-2)24-11-14-5-7-16(8-6-14)28-13-19(20,21)22/h5-8,15H,3-4,9-13H2,1-2H3,(H2,23,24,25). The maximum Gasteiger partial charge on any atom is 0.422 e. The lowest BCUT2D eigenvalue weighted by Crippen LogP contribution is -2.45. The highest BCUT2D eigenvalue weighted by molar-refractivity contribution is 5.80. The van der Waals surface area contributed by atoms with Crippen molar-refractivity contribution in [3.8, 4) is 5.75 Å². The van der Waals surface area contributed by atoms with Gasteiger partial charge in [0, 0.05) is 32.1 Å². The van der Waals surface area contributed by atoms with Gasteiger partial charge in [0.15, 0.2) is 12.6 Å². The van der Waals surface area contributed by atoms with Gasteiger partial charge in [-0.1, -0.05) is 19.1 Å². The van der Waals surface area contributed by atoms with Crippen molar-refractivity contribution in [1.29, 1.82) is 0 Å². The number of aliphatic imine (C=N–C) groups is 1. The van der Waals surface area contributed by atoms with E-state index in [2.05, 4.69) is 15.6 Å². The normalized spacial score (nSPS) is 17.5. The Bertz CT molecular complexity index is 662. The topological polar surface area (TPSA) is 66.0 Å². The van der Waals surface area contributed by atoms with Gasteiger partial charge in [-0.15, -0.1) is 0 Å². The van der Waals surface area contributed by atoms with E-state index in [0.717, 1.165) is 18.5 Å². The maximum absolute atomic E-state index is 12.2. The van der Waals surface area contributed by atoms with Crippen molar-refractivity contribution in [1.82, 2.24) is 15.5 Å². The Morgan fingerprint density at radius 3 is 2.61 bits per heavy atom. The Balaban J connectivity index is 1.89. The molecule has 28 heavy (non-hydrogen) atoms. The number of likely N-dealkylation sites (tertiary alicyclic amines) is 1. The highest BCUT2D eigenvalue weighted by Gasteiger charge is 2.28. The van der Waals surface area contributed by atoms with Crippen LogP contribution >= 0.6 is 0 Å². The van der Waals surface area contributed by atoms with E-state index in [1.165, 1.54) is 12.1 Å². The molecule has 9 heteroatoms. The number of nitrogens with one attached hydrogen (secondary N) is 2. The fourth-order valence-electron chi connectivity index (χ4n) is 2.87. The van der Waals surface area contributed by atoms with E-state index in [4.69, 9.17) is 4.74 Å². The Morgan fingerprint density at radius 2 is 2.00 bits per heavy atom. The zero-order valence-electron chi connectivity index (χ0n) is 16.2. The van der Waals surface area contributed by atoms with E-state index in [-0.39, 0.29) is 17.7 Å². The predicted octanol–water partition coefficient (Wildman–Crippen LogP) is 2.69. The van der Waals surface area contributed by atoms with Gasteiger partial charge in [0.25, 0.3) is 0 Å². The van der Waals surface area contributed by atoms with Crippen LogP contribution in [-0.4, -0.2) is 55.2 Å². The van der Waals surface area contributed by atoms with Gasteiger partial charge >= 0.3 is 6.18 Å². The molecule has 0 aromatic heterocycles. The second-order valence-electron chi connectivity index (χ2n) is 6.57.